The van der Waals surface area contributed by atoms with E-state index in [1.807, 2.05) is 25.1 Å². The summed E-state index contributed by atoms with van der Waals surface area (Å²) < 4.78 is 1.72. The first kappa shape index (κ1) is 14.2. The Kier molecular flexibility index (Phi) is 3.61. The van der Waals surface area contributed by atoms with Crippen molar-refractivity contribution in [2.24, 2.45) is 0 Å². The minimum Gasteiger partial charge on any atom is -0.481 e. The van der Waals surface area contributed by atoms with E-state index >= 15 is 0 Å². The molecule has 0 fully saturated rings. The van der Waals surface area contributed by atoms with Crippen LogP contribution in [0.3, 0.4) is 0 Å². The van der Waals surface area contributed by atoms with Gasteiger partial charge in [-0.25, -0.2) is 4.68 Å². The van der Waals surface area contributed by atoms with Gasteiger partial charge >= 0.3 is 5.97 Å². The molecule has 0 bridgehead atoms. The molecule has 0 aliphatic heterocycles. The van der Waals surface area contributed by atoms with Gasteiger partial charge in [0, 0.05) is 0 Å². The summed E-state index contributed by atoms with van der Waals surface area (Å²) in [4.78, 5) is 10.8. The Morgan fingerprint density at radius 3 is 2.55 bits per heavy atom. The third-order valence-corrected chi connectivity index (χ3v) is 3.25. The van der Waals surface area contributed by atoms with Crippen molar-refractivity contribution in [2.75, 3.05) is 0 Å². The number of para-hydroxylation sites is 1. The number of carbonyl (C=O) groups is 1. The van der Waals surface area contributed by atoms with Crippen molar-refractivity contribution in [1.82, 2.24) is 15.0 Å². The second kappa shape index (κ2) is 5.07. The molecule has 2 aromatic rings. The smallest absolute Gasteiger partial charge is 0.309 e. The molecule has 1 N–H and O–H groups in total. The Bertz CT molecular complexity index is 639. The number of nitrogens with zero attached hydrogens (tertiary/aromatic N) is 3. The number of benzene rings is 1. The Labute approximate surface area is 118 Å². The van der Waals surface area contributed by atoms with E-state index in [4.69, 9.17) is 5.11 Å². The van der Waals surface area contributed by atoms with E-state index < -0.39 is 5.97 Å². The molecule has 20 heavy (non-hydrogen) atoms. The van der Waals surface area contributed by atoms with Crippen LogP contribution in [0.25, 0.3) is 5.69 Å². The van der Waals surface area contributed by atoms with Gasteiger partial charge in [0.15, 0.2) is 0 Å². The molecule has 0 aliphatic rings. The SMILES string of the molecule is Cc1c(CC(=O)O)nnn1-c1ccccc1C(C)(C)C. The summed E-state index contributed by atoms with van der Waals surface area (Å²) in [5, 5.41) is 17.0. The highest BCUT2D eigenvalue weighted by Gasteiger charge is 2.21. The van der Waals surface area contributed by atoms with Crippen LogP contribution in [0.2, 0.25) is 0 Å². The summed E-state index contributed by atoms with van der Waals surface area (Å²) in [5.41, 5.74) is 3.34. The zero-order valence-corrected chi connectivity index (χ0v) is 12.2. The number of carboxylic acid groups (broad SMARTS) is 1. The Morgan fingerprint density at radius 2 is 1.95 bits per heavy atom. The fourth-order valence-electron chi connectivity index (χ4n) is 2.19. The summed E-state index contributed by atoms with van der Waals surface area (Å²) in [6.45, 7) is 8.25. The number of carboxylic acids is 1. The van der Waals surface area contributed by atoms with Crippen molar-refractivity contribution >= 4 is 5.97 Å². The number of hydrogen-bond acceptors (Lipinski definition) is 3. The van der Waals surface area contributed by atoms with E-state index in [1.54, 1.807) is 4.68 Å². The number of rotatable bonds is 3. The lowest BCUT2D eigenvalue weighted by Crippen LogP contribution is -2.16. The number of aromatic nitrogens is 3. The van der Waals surface area contributed by atoms with Crippen molar-refractivity contribution < 1.29 is 9.90 Å². The Morgan fingerprint density at radius 1 is 1.30 bits per heavy atom. The molecular weight excluding hydrogens is 254 g/mol. The first-order valence-corrected chi connectivity index (χ1v) is 6.53. The molecule has 0 saturated heterocycles. The van der Waals surface area contributed by atoms with Crippen LogP contribution < -0.4 is 0 Å². The lowest BCUT2D eigenvalue weighted by atomic mass is 9.86. The van der Waals surface area contributed by atoms with E-state index in [-0.39, 0.29) is 11.8 Å². The third kappa shape index (κ3) is 2.71. The van der Waals surface area contributed by atoms with E-state index in [1.165, 1.54) is 0 Å². The molecule has 0 amide bonds. The van der Waals surface area contributed by atoms with Crippen LogP contribution in [0.4, 0.5) is 0 Å². The number of aliphatic carboxylic acids is 1. The van der Waals surface area contributed by atoms with E-state index in [0.29, 0.717) is 5.69 Å². The molecule has 2 rings (SSSR count). The third-order valence-electron chi connectivity index (χ3n) is 3.25. The van der Waals surface area contributed by atoms with Gasteiger partial charge in [-0.05, 0) is 24.0 Å². The predicted molar refractivity (Wildman–Crippen MR) is 76.1 cm³/mol. The van der Waals surface area contributed by atoms with Crippen molar-refractivity contribution in [2.45, 2.75) is 39.5 Å². The maximum atomic E-state index is 10.8. The zero-order chi connectivity index (χ0) is 14.9. The summed E-state index contributed by atoms with van der Waals surface area (Å²) in [6.07, 6.45) is -0.108. The minimum absolute atomic E-state index is 0.0258. The monoisotopic (exact) mass is 273 g/mol. The normalized spacial score (nSPS) is 11.6. The number of hydrogen-bond donors (Lipinski definition) is 1. The predicted octanol–water partition coefficient (Wildman–Crippen LogP) is 2.50. The van der Waals surface area contributed by atoms with E-state index in [0.717, 1.165) is 16.9 Å². The minimum atomic E-state index is -0.899. The maximum Gasteiger partial charge on any atom is 0.309 e. The molecule has 0 aliphatic carbocycles. The van der Waals surface area contributed by atoms with Gasteiger partial charge in [0.2, 0.25) is 0 Å². The van der Waals surface area contributed by atoms with Gasteiger partial charge in [0.25, 0.3) is 0 Å². The fourth-order valence-corrected chi connectivity index (χ4v) is 2.19. The van der Waals surface area contributed by atoms with Crippen LogP contribution in [0.15, 0.2) is 24.3 Å². The highest BCUT2D eigenvalue weighted by Crippen LogP contribution is 2.28. The molecule has 0 spiro atoms. The molecule has 1 aromatic heterocycles. The van der Waals surface area contributed by atoms with Gasteiger partial charge in [-0.3, -0.25) is 4.79 Å². The first-order valence-electron chi connectivity index (χ1n) is 6.53. The van der Waals surface area contributed by atoms with Crippen molar-refractivity contribution in [1.29, 1.82) is 0 Å². The summed E-state index contributed by atoms with van der Waals surface area (Å²) in [7, 11) is 0. The molecule has 5 heteroatoms. The second-order valence-corrected chi connectivity index (χ2v) is 5.87. The second-order valence-electron chi connectivity index (χ2n) is 5.87. The zero-order valence-electron chi connectivity index (χ0n) is 12.2. The van der Waals surface area contributed by atoms with E-state index in [9.17, 15) is 4.79 Å². The van der Waals surface area contributed by atoms with Crippen LogP contribution in [-0.4, -0.2) is 26.1 Å². The average molecular weight is 273 g/mol. The first-order chi connectivity index (χ1) is 9.30. The quantitative estimate of drug-likeness (QED) is 0.933. The lowest BCUT2D eigenvalue weighted by Gasteiger charge is -2.22. The van der Waals surface area contributed by atoms with Crippen LogP contribution in [0.1, 0.15) is 37.7 Å². The summed E-state index contributed by atoms with van der Waals surface area (Å²) in [5.74, 6) is -0.899. The van der Waals surface area contributed by atoms with Gasteiger partial charge in [0.05, 0.1) is 23.5 Å². The molecule has 5 nitrogen and oxygen atoms in total. The van der Waals surface area contributed by atoms with Gasteiger partial charge in [-0.2, -0.15) is 0 Å². The van der Waals surface area contributed by atoms with Gasteiger partial charge in [0.1, 0.15) is 0 Å². The van der Waals surface area contributed by atoms with Crippen LogP contribution >= 0.6 is 0 Å². The molecule has 1 aromatic carbocycles. The van der Waals surface area contributed by atoms with Crippen molar-refractivity contribution in [3.63, 3.8) is 0 Å². The molecule has 0 atom stereocenters. The molecule has 0 unspecified atom stereocenters. The molecular formula is C15H19N3O2. The standard InChI is InChI=1S/C15H19N3O2/c1-10-12(9-14(19)20)16-17-18(10)13-8-6-5-7-11(13)15(2,3)4/h5-8H,9H2,1-4H3,(H,19,20). The van der Waals surface area contributed by atoms with Gasteiger partial charge in [-0.15, -0.1) is 5.10 Å². The molecule has 106 valence electrons. The van der Waals surface area contributed by atoms with Crippen molar-refractivity contribution in [3.8, 4) is 5.69 Å². The summed E-state index contributed by atoms with van der Waals surface area (Å²) in [6, 6.07) is 7.98. The summed E-state index contributed by atoms with van der Waals surface area (Å²) >= 11 is 0. The highest BCUT2D eigenvalue weighted by molar-refractivity contribution is 5.69. The Hall–Kier alpha value is -2.17. The molecule has 0 saturated carbocycles. The highest BCUT2D eigenvalue weighted by atomic mass is 16.4. The lowest BCUT2D eigenvalue weighted by molar-refractivity contribution is -0.136. The molecule has 0 radical (unpaired) electrons. The molecule has 1 heterocycles. The largest absolute Gasteiger partial charge is 0.481 e. The van der Waals surface area contributed by atoms with Gasteiger partial charge in [-0.1, -0.05) is 44.2 Å². The average Bonchev–Trinajstić information content (AvgIpc) is 2.69. The van der Waals surface area contributed by atoms with Crippen LogP contribution in [0.5, 0.6) is 0 Å². The van der Waals surface area contributed by atoms with Gasteiger partial charge < -0.3 is 5.11 Å². The fraction of sp³-hybridized carbons (Fsp3) is 0.400. The maximum absolute atomic E-state index is 10.8. The Balaban J connectivity index is 2.53. The van der Waals surface area contributed by atoms with E-state index in [2.05, 4.69) is 37.1 Å². The van der Waals surface area contributed by atoms with Crippen LogP contribution in [-0.2, 0) is 16.6 Å². The van der Waals surface area contributed by atoms with Crippen LogP contribution in [0, 0.1) is 6.92 Å². The van der Waals surface area contributed by atoms with Crippen molar-refractivity contribution in [3.05, 3.63) is 41.2 Å². The topological polar surface area (TPSA) is 68.0 Å².